The zero-order chi connectivity index (χ0) is 22.7. The Kier molecular flexibility index (Phi) is 6.97. The summed E-state index contributed by atoms with van der Waals surface area (Å²) in [6.07, 6.45) is 4.60. The third-order valence-electron chi connectivity index (χ3n) is 6.53. The van der Waals surface area contributed by atoms with E-state index >= 15 is 0 Å². The van der Waals surface area contributed by atoms with E-state index < -0.39 is 10.0 Å². The molecule has 4 rings (SSSR count). The number of anilines is 1. The molecule has 2 saturated heterocycles. The van der Waals surface area contributed by atoms with E-state index in [2.05, 4.69) is 27.5 Å². The van der Waals surface area contributed by atoms with Gasteiger partial charge in [0.25, 0.3) is 0 Å². The van der Waals surface area contributed by atoms with Gasteiger partial charge in [0, 0.05) is 31.2 Å². The van der Waals surface area contributed by atoms with E-state index in [1.54, 1.807) is 13.8 Å². The van der Waals surface area contributed by atoms with E-state index in [0.29, 0.717) is 37.4 Å². The van der Waals surface area contributed by atoms with Gasteiger partial charge in [-0.2, -0.15) is 4.31 Å². The number of nitrogens with one attached hydrogen (secondary N) is 1. The summed E-state index contributed by atoms with van der Waals surface area (Å²) in [6.45, 7) is 7.33. The van der Waals surface area contributed by atoms with Crippen molar-refractivity contribution in [3.63, 3.8) is 0 Å². The number of aryl methyl sites for hydroxylation is 2. The summed E-state index contributed by atoms with van der Waals surface area (Å²) < 4.78 is 32.4. The highest BCUT2D eigenvalue weighted by Gasteiger charge is 2.35. The predicted octanol–water partition coefficient (Wildman–Crippen LogP) is 2.97. The zero-order valence-corrected chi connectivity index (χ0v) is 19.7. The zero-order valence-electron chi connectivity index (χ0n) is 18.8. The Morgan fingerprint density at radius 1 is 1.09 bits per heavy atom. The Morgan fingerprint density at radius 2 is 1.75 bits per heavy atom. The number of hydrogen-bond donors (Lipinski definition) is 1. The molecule has 3 heterocycles. The van der Waals surface area contributed by atoms with Crippen LogP contribution >= 0.6 is 0 Å². The first kappa shape index (κ1) is 22.9. The summed E-state index contributed by atoms with van der Waals surface area (Å²) in [6, 6.07) is 8.05. The molecule has 32 heavy (non-hydrogen) atoms. The molecule has 0 radical (unpaired) electrons. The maximum Gasteiger partial charge on any atom is 0.248 e. The number of amides is 1. The number of rotatable bonds is 7. The summed E-state index contributed by atoms with van der Waals surface area (Å²) in [5, 5.41) is 6.75. The fourth-order valence-electron chi connectivity index (χ4n) is 4.62. The van der Waals surface area contributed by atoms with E-state index in [4.69, 9.17) is 4.52 Å². The third-order valence-corrected chi connectivity index (χ3v) is 8.67. The van der Waals surface area contributed by atoms with Crippen LogP contribution < -0.4 is 5.32 Å². The van der Waals surface area contributed by atoms with Gasteiger partial charge in [0.15, 0.2) is 5.76 Å². The van der Waals surface area contributed by atoms with Gasteiger partial charge < -0.3 is 14.7 Å². The number of likely N-dealkylation sites (tertiary alicyclic amines) is 1. The van der Waals surface area contributed by atoms with E-state index in [0.717, 1.165) is 18.7 Å². The smallest absolute Gasteiger partial charge is 0.248 e. The first-order valence-electron chi connectivity index (χ1n) is 11.4. The van der Waals surface area contributed by atoms with Gasteiger partial charge in [-0.05, 0) is 76.7 Å². The molecule has 2 aliphatic rings. The second-order valence-corrected chi connectivity index (χ2v) is 10.7. The van der Waals surface area contributed by atoms with Crippen molar-refractivity contribution >= 4 is 21.6 Å². The van der Waals surface area contributed by atoms with Gasteiger partial charge in [-0.25, -0.2) is 8.42 Å². The van der Waals surface area contributed by atoms with Crippen molar-refractivity contribution in [3.8, 4) is 0 Å². The summed E-state index contributed by atoms with van der Waals surface area (Å²) >= 11 is 0. The molecule has 1 aromatic heterocycles. The van der Waals surface area contributed by atoms with Gasteiger partial charge >= 0.3 is 0 Å². The van der Waals surface area contributed by atoms with Crippen molar-refractivity contribution in [1.82, 2.24) is 14.4 Å². The molecule has 2 aliphatic heterocycles. The summed E-state index contributed by atoms with van der Waals surface area (Å²) in [4.78, 5) is 15.4. The van der Waals surface area contributed by atoms with E-state index in [9.17, 15) is 13.2 Å². The van der Waals surface area contributed by atoms with Gasteiger partial charge in [-0.3, -0.25) is 4.79 Å². The number of hydrogen-bond acceptors (Lipinski definition) is 6. The Labute approximate surface area is 190 Å². The van der Waals surface area contributed by atoms with Gasteiger partial charge in [0.2, 0.25) is 15.9 Å². The lowest BCUT2D eigenvalue weighted by atomic mass is 9.97. The maximum atomic E-state index is 12.9. The average molecular weight is 461 g/mol. The number of piperidine rings is 1. The minimum Gasteiger partial charge on any atom is -0.360 e. The minimum absolute atomic E-state index is 0.0517. The highest BCUT2D eigenvalue weighted by molar-refractivity contribution is 7.89. The molecule has 2 fully saturated rings. The fraction of sp³-hybridized carbons (Fsp3) is 0.565. The first-order valence-corrected chi connectivity index (χ1v) is 12.8. The van der Waals surface area contributed by atoms with Crippen LogP contribution in [0, 0.1) is 19.8 Å². The number of sulfonamides is 1. The summed E-state index contributed by atoms with van der Waals surface area (Å²) in [5.74, 6) is 0.0383. The van der Waals surface area contributed by atoms with Gasteiger partial charge in [-0.15, -0.1) is 0 Å². The molecule has 0 bridgehead atoms. The van der Waals surface area contributed by atoms with Crippen LogP contribution in [0.15, 0.2) is 33.7 Å². The van der Waals surface area contributed by atoms with Crippen LogP contribution in [0.3, 0.4) is 0 Å². The average Bonchev–Trinajstić information content (AvgIpc) is 3.43. The number of benzene rings is 1. The highest BCUT2D eigenvalue weighted by Crippen LogP contribution is 2.28. The van der Waals surface area contributed by atoms with E-state index in [-0.39, 0.29) is 16.7 Å². The van der Waals surface area contributed by atoms with E-state index in [1.165, 1.54) is 35.8 Å². The number of nitrogens with zero attached hydrogens (tertiary/aromatic N) is 3. The molecule has 1 N–H and O–H groups in total. The van der Waals surface area contributed by atoms with Crippen LogP contribution in [0.4, 0.5) is 5.69 Å². The van der Waals surface area contributed by atoms with E-state index in [1.807, 2.05) is 12.1 Å². The predicted molar refractivity (Wildman–Crippen MR) is 122 cm³/mol. The molecule has 0 spiro atoms. The van der Waals surface area contributed by atoms with Crippen molar-refractivity contribution in [2.24, 2.45) is 5.92 Å². The topological polar surface area (TPSA) is 95.8 Å². The lowest BCUT2D eigenvalue weighted by molar-refractivity contribution is -0.120. The number of aromatic nitrogens is 1. The first-order chi connectivity index (χ1) is 15.3. The fourth-order valence-corrected chi connectivity index (χ4v) is 6.38. The SMILES string of the molecule is Cc1noc(C)c1S(=O)(=O)N1CCC(C(=O)Nc2ccc(CCN3CCCC3)cc2)CC1. The maximum absolute atomic E-state index is 12.9. The minimum atomic E-state index is -3.66. The molecule has 0 aliphatic carbocycles. The summed E-state index contributed by atoms with van der Waals surface area (Å²) in [5.41, 5.74) is 2.42. The molecule has 1 amide bonds. The normalized spacial score (nSPS) is 18.8. The van der Waals surface area contributed by atoms with Crippen LogP contribution in [0.25, 0.3) is 0 Å². The highest BCUT2D eigenvalue weighted by atomic mass is 32.2. The lowest BCUT2D eigenvalue weighted by Gasteiger charge is -2.30. The van der Waals surface area contributed by atoms with Gasteiger partial charge in [0.05, 0.1) is 0 Å². The summed E-state index contributed by atoms with van der Waals surface area (Å²) in [7, 11) is -3.66. The molecule has 2 aromatic rings. The second-order valence-electron chi connectivity index (χ2n) is 8.82. The second kappa shape index (κ2) is 9.72. The van der Waals surface area contributed by atoms with Crippen LogP contribution in [-0.4, -0.2) is 61.4 Å². The Bertz CT molecular complexity index is 1010. The van der Waals surface area contributed by atoms with Crippen LogP contribution in [0.1, 0.15) is 42.7 Å². The van der Waals surface area contributed by atoms with Crippen molar-refractivity contribution < 1.29 is 17.7 Å². The molecule has 0 saturated carbocycles. The molecule has 174 valence electrons. The van der Waals surface area contributed by atoms with Gasteiger partial charge in [-0.1, -0.05) is 17.3 Å². The van der Waals surface area contributed by atoms with Crippen LogP contribution in [-0.2, 0) is 21.2 Å². The van der Waals surface area contributed by atoms with Crippen LogP contribution in [0.5, 0.6) is 0 Å². The Morgan fingerprint density at radius 3 is 2.34 bits per heavy atom. The molecular weight excluding hydrogens is 428 g/mol. The standard InChI is InChI=1S/C23H32N4O4S/c1-17-22(18(2)31-25-17)32(29,30)27-15-10-20(11-16-27)23(28)24-21-7-5-19(6-8-21)9-14-26-12-3-4-13-26/h5-8,20H,3-4,9-16H2,1-2H3,(H,24,28). The molecule has 0 atom stereocenters. The third kappa shape index (κ3) is 5.05. The molecule has 9 heteroatoms. The van der Waals surface area contributed by atoms with Gasteiger partial charge in [0.1, 0.15) is 10.6 Å². The van der Waals surface area contributed by atoms with Crippen molar-refractivity contribution in [2.45, 2.75) is 50.8 Å². The number of carbonyl (C=O) groups is 1. The Hall–Kier alpha value is -2.23. The van der Waals surface area contributed by atoms with Crippen molar-refractivity contribution in [1.29, 1.82) is 0 Å². The Balaban J connectivity index is 1.28. The lowest BCUT2D eigenvalue weighted by Crippen LogP contribution is -2.41. The quantitative estimate of drug-likeness (QED) is 0.683. The number of carbonyl (C=O) groups excluding carboxylic acids is 1. The largest absolute Gasteiger partial charge is 0.360 e. The molecule has 1 aromatic carbocycles. The molecule has 0 unspecified atom stereocenters. The molecule has 8 nitrogen and oxygen atoms in total. The van der Waals surface area contributed by atoms with Crippen LogP contribution in [0.2, 0.25) is 0 Å². The van der Waals surface area contributed by atoms with Crippen molar-refractivity contribution in [2.75, 3.05) is 38.0 Å². The van der Waals surface area contributed by atoms with Crippen molar-refractivity contribution in [3.05, 3.63) is 41.3 Å². The monoisotopic (exact) mass is 460 g/mol. The molecular formula is C23H32N4O4S.